The van der Waals surface area contributed by atoms with Gasteiger partial charge in [0.25, 0.3) is 0 Å². The van der Waals surface area contributed by atoms with E-state index in [1.807, 2.05) is 0 Å². The summed E-state index contributed by atoms with van der Waals surface area (Å²) >= 11 is 0. The molecule has 0 heterocycles. The molecule has 0 amide bonds. The van der Waals surface area contributed by atoms with Crippen LogP contribution < -0.4 is 0 Å². The van der Waals surface area contributed by atoms with Gasteiger partial charge in [0, 0.05) is 0 Å². The number of carboxylic acids is 2. The van der Waals surface area contributed by atoms with E-state index >= 15 is 0 Å². The summed E-state index contributed by atoms with van der Waals surface area (Å²) in [5.41, 5.74) is 0. The molecule has 0 aliphatic carbocycles. The number of hydrogen-bond acceptors (Lipinski definition) is 3. The predicted molar refractivity (Wildman–Crippen MR) is 47.4 cm³/mol. The maximum absolute atomic E-state index is 9.72. The van der Waals surface area contributed by atoms with Crippen LogP contribution in [0.1, 0.15) is 6.42 Å². The molecule has 0 aromatic rings. The zero-order valence-electron chi connectivity index (χ0n) is 4.85. The number of rotatable bonds is 3. The molecule has 0 rings (SSSR count). The van der Waals surface area contributed by atoms with Crippen molar-refractivity contribution in [2.24, 2.45) is 0 Å². The zero-order chi connectivity index (χ0) is 7.44. The van der Waals surface area contributed by atoms with Gasteiger partial charge in [0.2, 0.25) is 0 Å². The van der Waals surface area contributed by atoms with Crippen molar-refractivity contribution in [1.82, 2.24) is 0 Å². The van der Waals surface area contributed by atoms with Crippen LogP contribution in [0.4, 0.5) is 0 Å². The minimum absolute atomic E-state index is 0. The molecule has 0 aromatic heterocycles. The summed E-state index contributed by atoms with van der Waals surface area (Å²) in [4.78, 5) is 19.4. The number of carboxylic acid groups (broad SMARTS) is 2. The summed E-state index contributed by atoms with van der Waals surface area (Å²) in [5.74, 6) is -2.85. The Morgan fingerprint density at radius 1 is 1.17 bits per heavy atom. The summed E-state index contributed by atoms with van der Waals surface area (Å²) in [7, 11) is 0. The van der Waals surface area contributed by atoms with Crippen LogP contribution in [0.15, 0.2) is 0 Å². The molecule has 64 valence electrons. The van der Waals surface area contributed by atoms with E-state index in [2.05, 4.69) is 0 Å². The number of halogens is 1. The number of carbonyl (C=O) groups is 2. The Morgan fingerprint density at radius 3 is 1.58 bits per heavy atom. The van der Waals surface area contributed by atoms with Crippen molar-refractivity contribution in [3.8, 4) is 0 Å². The van der Waals surface area contributed by atoms with E-state index in [-0.39, 0.29) is 71.5 Å². The van der Waals surface area contributed by atoms with E-state index < -0.39 is 24.5 Å². The molecule has 8 heteroatoms. The van der Waals surface area contributed by atoms with E-state index in [0.717, 1.165) is 0 Å². The molecule has 0 aromatic carbocycles. The molecular formula is C4H9ClNa2O5. The SMILES string of the molecule is Cl.O=C(O)CC(O)C(=O)O.[NaH].[NaH]. The van der Waals surface area contributed by atoms with Crippen LogP contribution in [0.5, 0.6) is 0 Å². The minimum atomic E-state index is -1.79. The average Bonchev–Trinajstić information content (AvgIpc) is 1.63. The van der Waals surface area contributed by atoms with Gasteiger partial charge in [-0.2, -0.15) is 0 Å². The van der Waals surface area contributed by atoms with Crippen molar-refractivity contribution in [1.29, 1.82) is 0 Å². The van der Waals surface area contributed by atoms with Crippen molar-refractivity contribution in [3.05, 3.63) is 0 Å². The summed E-state index contributed by atoms with van der Waals surface area (Å²) in [6.45, 7) is 0. The van der Waals surface area contributed by atoms with Gasteiger partial charge in [-0.25, -0.2) is 4.79 Å². The van der Waals surface area contributed by atoms with Crippen molar-refractivity contribution < 1.29 is 24.9 Å². The van der Waals surface area contributed by atoms with Gasteiger partial charge in [-0.3, -0.25) is 4.79 Å². The summed E-state index contributed by atoms with van der Waals surface area (Å²) < 4.78 is 0. The average molecular weight is 219 g/mol. The van der Waals surface area contributed by atoms with Crippen molar-refractivity contribution in [2.45, 2.75) is 12.5 Å². The van der Waals surface area contributed by atoms with Crippen LogP contribution in [-0.2, 0) is 9.59 Å². The molecule has 0 aliphatic rings. The van der Waals surface area contributed by atoms with Gasteiger partial charge in [0.1, 0.15) is 0 Å². The summed E-state index contributed by atoms with van der Waals surface area (Å²) in [5, 5.41) is 24.1. The van der Waals surface area contributed by atoms with Crippen molar-refractivity contribution in [2.75, 3.05) is 0 Å². The van der Waals surface area contributed by atoms with Gasteiger partial charge in [0.05, 0.1) is 6.42 Å². The quantitative estimate of drug-likeness (QED) is 0.478. The third-order valence-electron chi connectivity index (χ3n) is 0.653. The fourth-order valence-electron chi connectivity index (χ4n) is 0.253. The molecule has 0 saturated carbocycles. The van der Waals surface area contributed by atoms with Crippen LogP contribution in [0.25, 0.3) is 0 Å². The first-order valence-corrected chi connectivity index (χ1v) is 2.16. The Bertz CT molecular complexity index is 141. The fourth-order valence-corrected chi connectivity index (χ4v) is 0.253. The number of aliphatic carboxylic acids is 2. The van der Waals surface area contributed by atoms with Crippen molar-refractivity contribution in [3.63, 3.8) is 0 Å². The second kappa shape index (κ2) is 12.2. The fraction of sp³-hybridized carbons (Fsp3) is 0.500. The van der Waals surface area contributed by atoms with E-state index in [9.17, 15) is 9.59 Å². The number of aliphatic hydroxyl groups is 1. The predicted octanol–water partition coefficient (Wildman–Crippen LogP) is -1.97. The van der Waals surface area contributed by atoms with Gasteiger partial charge in [-0.15, -0.1) is 12.4 Å². The molecule has 0 aliphatic heterocycles. The molecule has 3 N–H and O–H groups in total. The first-order valence-electron chi connectivity index (χ1n) is 2.16. The van der Waals surface area contributed by atoms with Crippen LogP contribution in [0, 0.1) is 0 Å². The van der Waals surface area contributed by atoms with Gasteiger partial charge in [-0.1, -0.05) is 0 Å². The van der Waals surface area contributed by atoms with Crippen LogP contribution in [-0.4, -0.2) is 92.5 Å². The second-order valence-electron chi connectivity index (χ2n) is 1.45. The standard InChI is InChI=1S/C4H6O5.ClH.2Na.2H/c5-2(4(8)9)1-3(6)7;;;;;/h2,5H,1H2,(H,6,7)(H,8,9);1H;;;;. The van der Waals surface area contributed by atoms with Gasteiger partial charge < -0.3 is 15.3 Å². The first-order chi connectivity index (χ1) is 4.04. The van der Waals surface area contributed by atoms with Gasteiger partial charge in [-0.05, 0) is 0 Å². The molecule has 1 atom stereocenters. The normalized spacial score (nSPS) is 9.42. The molecule has 12 heavy (non-hydrogen) atoms. The zero-order valence-corrected chi connectivity index (χ0v) is 5.67. The molecule has 0 saturated heterocycles. The summed E-state index contributed by atoms with van der Waals surface area (Å²) in [6.07, 6.45) is -2.54. The van der Waals surface area contributed by atoms with E-state index in [1.54, 1.807) is 0 Å². The van der Waals surface area contributed by atoms with E-state index in [1.165, 1.54) is 0 Å². The van der Waals surface area contributed by atoms with Crippen LogP contribution >= 0.6 is 12.4 Å². The Hall–Kier alpha value is 1.19. The third-order valence-corrected chi connectivity index (χ3v) is 0.653. The van der Waals surface area contributed by atoms with Gasteiger partial charge >= 0.3 is 71.1 Å². The first kappa shape index (κ1) is 23.2. The van der Waals surface area contributed by atoms with Gasteiger partial charge in [0.15, 0.2) is 6.10 Å². The Labute approximate surface area is 120 Å². The molecule has 0 radical (unpaired) electrons. The molecule has 1 unspecified atom stereocenters. The van der Waals surface area contributed by atoms with Crippen molar-refractivity contribution >= 4 is 83.5 Å². The number of hydrogen-bond donors (Lipinski definition) is 3. The molecule has 5 nitrogen and oxygen atoms in total. The third kappa shape index (κ3) is 13.8. The maximum atomic E-state index is 9.72. The summed E-state index contributed by atoms with van der Waals surface area (Å²) in [6, 6.07) is 0. The molecule has 0 spiro atoms. The Balaban J connectivity index is -0.000000107. The Kier molecular flexibility index (Phi) is 23.6. The molecule has 0 fully saturated rings. The van der Waals surface area contributed by atoms with Crippen LogP contribution in [0.2, 0.25) is 0 Å². The van der Waals surface area contributed by atoms with Crippen LogP contribution in [0.3, 0.4) is 0 Å². The van der Waals surface area contributed by atoms with E-state index in [4.69, 9.17) is 15.3 Å². The topological polar surface area (TPSA) is 94.8 Å². The monoisotopic (exact) mass is 218 g/mol. The number of aliphatic hydroxyl groups excluding tert-OH is 1. The molecule has 0 bridgehead atoms. The molecular weight excluding hydrogens is 209 g/mol. The Morgan fingerprint density at radius 2 is 1.50 bits per heavy atom. The second-order valence-corrected chi connectivity index (χ2v) is 1.45. The van der Waals surface area contributed by atoms with E-state index in [0.29, 0.717) is 0 Å².